The standard InChI is InChI=1S/C19H21ClFN5O2/c1-24-16-6-9-26(19(28)22-12-4-5-15(21)14(20)10-12)11-13(16)17(23-24)18(27)25-7-2-3-8-25/h4-5,10H,2-3,6-9,11H2,1H3,(H,22,28). The van der Waals surface area contributed by atoms with Gasteiger partial charge in [-0.25, -0.2) is 9.18 Å². The van der Waals surface area contributed by atoms with Crippen LogP contribution in [0.25, 0.3) is 0 Å². The predicted octanol–water partition coefficient (Wildman–Crippen LogP) is 3.04. The van der Waals surface area contributed by atoms with Crippen molar-refractivity contribution in [2.75, 3.05) is 25.0 Å². The molecular formula is C19H21ClFN5O2. The number of hydrogen-bond acceptors (Lipinski definition) is 3. The third kappa shape index (κ3) is 3.44. The molecule has 0 radical (unpaired) electrons. The lowest BCUT2D eigenvalue weighted by molar-refractivity contribution is 0.0784. The molecule has 0 atom stereocenters. The van der Waals surface area contributed by atoms with E-state index in [4.69, 9.17) is 11.6 Å². The van der Waals surface area contributed by atoms with Gasteiger partial charge in [-0.1, -0.05) is 11.6 Å². The van der Waals surface area contributed by atoms with Crippen LogP contribution in [-0.4, -0.2) is 51.2 Å². The number of amides is 3. The van der Waals surface area contributed by atoms with Crippen LogP contribution in [0.5, 0.6) is 0 Å². The first-order valence-corrected chi connectivity index (χ1v) is 9.67. The van der Waals surface area contributed by atoms with Gasteiger partial charge >= 0.3 is 6.03 Å². The quantitative estimate of drug-likeness (QED) is 0.834. The van der Waals surface area contributed by atoms with E-state index in [9.17, 15) is 14.0 Å². The predicted molar refractivity (Wildman–Crippen MR) is 103 cm³/mol. The van der Waals surface area contributed by atoms with Gasteiger partial charge in [-0.05, 0) is 31.0 Å². The van der Waals surface area contributed by atoms with E-state index in [0.717, 1.165) is 37.2 Å². The number of carbonyl (C=O) groups is 2. The monoisotopic (exact) mass is 405 g/mol. The minimum absolute atomic E-state index is 0.0514. The summed E-state index contributed by atoms with van der Waals surface area (Å²) in [5.41, 5.74) is 2.64. The topological polar surface area (TPSA) is 70.5 Å². The number of urea groups is 1. The van der Waals surface area contributed by atoms with Crippen LogP contribution in [-0.2, 0) is 20.0 Å². The van der Waals surface area contributed by atoms with Gasteiger partial charge in [0.1, 0.15) is 5.82 Å². The number of nitrogens with zero attached hydrogens (tertiary/aromatic N) is 4. The fourth-order valence-electron chi connectivity index (χ4n) is 3.78. The summed E-state index contributed by atoms with van der Waals surface area (Å²) in [6.45, 7) is 2.31. The normalized spacial score (nSPS) is 16.2. The molecule has 7 nitrogen and oxygen atoms in total. The maximum absolute atomic E-state index is 13.3. The van der Waals surface area contributed by atoms with Crippen molar-refractivity contribution in [2.24, 2.45) is 7.05 Å². The Morgan fingerprint density at radius 1 is 1.18 bits per heavy atom. The molecule has 0 spiro atoms. The van der Waals surface area contributed by atoms with Crippen molar-refractivity contribution in [3.05, 3.63) is 46.0 Å². The van der Waals surface area contributed by atoms with Crippen LogP contribution in [0.3, 0.4) is 0 Å². The second kappa shape index (κ2) is 7.43. The number of anilines is 1. The Kier molecular flexibility index (Phi) is 4.97. The van der Waals surface area contributed by atoms with E-state index in [1.165, 1.54) is 18.2 Å². The number of aromatic nitrogens is 2. The number of fused-ring (bicyclic) bond motifs is 1. The smallest absolute Gasteiger partial charge is 0.322 e. The zero-order chi connectivity index (χ0) is 19.8. The number of rotatable bonds is 2. The SMILES string of the molecule is Cn1nc(C(=O)N2CCCC2)c2c1CCN(C(=O)Nc1ccc(F)c(Cl)c1)C2. The summed E-state index contributed by atoms with van der Waals surface area (Å²) in [6, 6.07) is 3.72. The van der Waals surface area contributed by atoms with Gasteiger partial charge in [0.2, 0.25) is 0 Å². The molecule has 0 unspecified atom stereocenters. The second-order valence-electron chi connectivity index (χ2n) is 7.13. The van der Waals surface area contributed by atoms with Crippen LogP contribution >= 0.6 is 11.6 Å². The number of hydrogen-bond donors (Lipinski definition) is 1. The first-order valence-electron chi connectivity index (χ1n) is 9.29. The maximum atomic E-state index is 13.3. The van der Waals surface area contributed by atoms with Gasteiger partial charge in [-0.3, -0.25) is 9.48 Å². The molecule has 0 aliphatic carbocycles. The Hall–Kier alpha value is -2.61. The van der Waals surface area contributed by atoms with Crippen LogP contribution in [0.4, 0.5) is 14.9 Å². The van der Waals surface area contributed by atoms with Crippen LogP contribution in [0.1, 0.15) is 34.6 Å². The number of likely N-dealkylation sites (tertiary alicyclic amines) is 1. The van der Waals surface area contributed by atoms with Gasteiger partial charge in [0.15, 0.2) is 5.69 Å². The van der Waals surface area contributed by atoms with Gasteiger partial charge in [0.05, 0.1) is 11.6 Å². The van der Waals surface area contributed by atoms with E-state index in [1.807, 2.05) is 11.9 Å². The lowest BCUT2D eigenvalue weighted by atomic mass is 10.0. The van der Waals surface area contributed by atoms with Crippen molar-refractivity contribution < 1.29 is 14.0 Å². The van der Waals surface area contributed by atoms with E-state index in [1.54, 1.807) is 9.58 Å². The highest BCUT2D eigenvalue weighted by molar-refractivity contribution is 6.31. The third-order valence-electron chi connectivity index (χ3n) is 5.30. The molecule has 1 aromatic heterocycles. The molecule has 148 valence electrons. The molecule has 3 heterocycles. The Balaban J connectivity index is 1.52. The van der Waals surface area contributed by atoms with Crippen molar-refractivity contribution >= 4 is 29.2 Å². The molecule has 0 saturated carbocycles. The van der Waals surface area contributed by atoms with Crippen molar-refractivity contribution in [1.29, 1.82) is 0 Å². The molecule has 4 rings (SSSR count). The molecule has 0 bridgehead atoms. The lowest BCUT2D eigenvalue weighted by Crippen LogP contribution is -2.40. The van der Waals surface area contributed by atoms with Crippen LogP contribution in [0.2, 0.25) is 5.02 Å². The zero-order valence-electron chi connectivity index (χ0n) is 15.5. The summed E-state index contributed by atoms with van der Waals surface area (Å²) in [6.07, 6.45) is 2.63. The molecule has 1 aromatic carbocycles. The summed E-state index contributed by atoms with van der Waals surface area (Å²) in [5.74, 6) is -0.607. The molecule has 1 fully saturated rings. The first kappa shape index (κ1) is 18.7. The van der Waals surface area contributed by atoms with E-state index in [0.29, 0.717) is 30.9 Å². The fraction of sp³-hybridized carbons (Fsp3) is 0.421. The molecule has 2 aliphatic rings. The lowest BCUT2D eigenvalue weighted by Gasteiger charge is -2.28. The zero-order valence-corrected chi connectivity index (χ0v) is 16.3. The molecule has 2 aliphatic heterocycles. The van der Waals surface area contributed by atoms with Gasteiger partial charge < -0.3 is 15.1 Å². The summed E-state index contributed by atoms with van der Waals surface area (Å²) < 4.78 is 15.1. The maximum Gasteiger partial charge on any atom is 0.322 e. The van der Waals surface area contributed by atoms with Crippen LogP contribution < -0.4 is 5.32 Å². The van der Waals surface area contributed by atoms with Crippen LogP contribution in [0.15, 0.2) is 18.2 Å². The van der Waals surface area contributed by atoms with E-state index in [-0.39, 0.29) is 17.0 Å². The highest BCUT2D eigenvalue weighted by Gasteiger charge is 2.32. The van der Waals surface area contributed by atoms with Crippen molar-refractivity contribution in [3.8, 4) is 0 Å². The molecular weight excluding hydrogens is 385 g/mol. The summed E-state index contributed by atoms with van der Waals surface area (Å²) in [7, 11) is 1.83. The van der Waals surface area contributed by atoms with Gasteiger partial charge in [0.25, 0.3) is 5.91 Å². The number of nitrogens with one attached hydrogen (secondary N) is 1. The first-order chi connectivity index (χ1) is 13.4. The van der Waals surface area contributed by atoms with Gasteiger partial charge in [-0.15, -0.1) is 0 Å². The minimum Gasteiger partial charge on any atom is -0.337 e. The minimum atomic E-state index is -0.539. The fourth-order valence-corrected chi connectivity index (χ4v) is 3.96. The Morgan fingerprint density at radius 3 is 2.64 bits per heavy atom. The summed E-state index contributed by atoms with van der Waals surface area (Å²) in [4.78, 5) is 29.0. The summed E-state index contributed by atoms with van der Waals surface area (Å²) >= 11 is 5.78. The van der Waals surface area contributed by atoms with Crippen LogP contribution in [0, 0.1) is 5.82 Å². The molecule has 3 amide bonds. The van der Waals surface area contributed by atoms with Crippen molar-refractivity contribution in [1.82, 2.24) is 19.6 Å². The van der Waals surface area contributed by atoms with E-state index in [2.05, 4.69) is 10.4 Å². The average Bonchev–Trinajstić information content (AvgIpc) is 3.32. The van der Waals surface area contributed by atoms with E-state index >= 15 is 0 Å². The highest BCUT2D eigenvalue weighted by atomic mass is 35.5. The number of carbonyl (C=O) groups excluding carboxylic acids is 2. The van der Waals surface area contributed by atoms with Crippen molar-refractivity contribution in [2.45, 2.75) is 25.8 Å². The van der Waals surface area contributed by atoms with Gasteiger partial charge in [-0.2, -0.15) is 5.10 Å². The number of benzene rings is 1. The Bertz CT molecular complexity index is 939. The van der Waals surface area contributed by atoms with Crippen molar-refractivity contribution in [3.63, 3.8) is 0 Å². The summed E-state index contributed by atoms with van der Waals surface area (Å²) in [5, 5.41) is 7.13. The highest BCUT2D eigenvalue weighted by Crippen LogP contribution is 2.25. The van der Waals surface area contributed by atoms with Gasteiger partial charge in [0, 0.05) is 50.0 Å². The molecule has 28 heavy (non-hydrogen) atoms. The van der Waals surface area contributed by atoms with E-state index < -0.39 is 5.82 Å². The molecule has 1 saturated heterocycles. The largest absolute Gasteiger partial charge is 0.337 e. The Labute approximate surface area is 167 Å². The second-order valence-corrected chi connectivity index (χ2v) is 7.53. The molecule has 1 N–H and O–H groups in total. The number of halogens is 2. The third-order valence-corrected chi connectivity index (χ3v) is 5.59. The molecule has 9 heteroatoms. The number of aryl methyl sites for hydroxylation is 1. The average molecular weight is 406 g/mol. The molecule has 2 aromatic rings. The Morgan fingerprint density at radius 2 is 1.93 bits per heavy atom.